The van der Waals surface area contributed by atoms with E-state index in [1.807, 2.05) is 4.98 Å². The highest BCUT2D eigenvalue weighted by Crippen LogP contribution is 2.58. The van der Waals surface area contributed by atoms with Crippen LogP contribution >= 0.6 is 7.82 Å². The molecule has 0 amide bonds. The van der Waals surface area contributed by atoms with Crippen molar-refractivity contribution in [2.45, 2.75) is 31.0 Å². The second-order valence-corrected chi connectivity index (χ2v) is 6.88. The quantitative estimate of drug-likeness (QED) is 0.775. The van der Waals surface area contributed by atoms with Gasteiger partial charge in [0.05, 0.1) is 6.61 Å². The van der Waals surface area contributed by atoms with Crippen LogP contribution in [0.3, 0.4) is 0 Å². The van der Waals surface area contributed by atoms with Crippen LogP contribution in [0.15, 0.2) is 21.9 Å². The van der Waals surface area contributed by atoms with Crippen molar-refractivity contribution >= 4 is 7.82 Å². The lowest BCUT2D eigenvalue weighted by molar-refractivity contribution is -0.0708. The van der Waals surface area contributed by atoms with Gasteiger partial charge in [0.25, 0.3) is 5.56 Å². The Morgan fingerprint density at radius 1 is 1.55 bits per heavy atom. The van der Waals surface area contributed by atoms with Gasteiger partial charge in [0, 0.05) is 19.4 Å². The Kier molecular flexibility index (Phi) is 3.61. The third kappa shape index (κ3) is 2.37. The average Bonchev–Trinajstić information content (AvgIpc) is 2.71. The zero-order chi connectivity index (χ0) is 16.1. The molecule has 0 radical (unpaired) electrons. The van der Waals surface area contributed by atoms with Crippen LogP contribution in [0.2, 0.25) is 0 Å². The number of hydrogen-bond donors (Lipinski definition) is 1. The number of halogens is 1. The van der Waals surface area contributed by atoms with Crippen LogP contribution in [0.25, 0.3) is 0 Å². The summed E-state index contributed by atoms with van der Waals surface area (Å²) in [6.07, 6.45) is -2.34. The number of fused-ring (bicyclic) bond motifs is 1. The van der Waals surface area contributed by atoms with Crippen LogP contribution in [0.5, 0.6) is 0 Å². The van der Waals surface area contributed by atoms with Gasteiger partial charge in [-0.15, -0.1) is 0 Å². The summed E-state index contributed by atoms with van der Waals surface area (Å²) < 4.78 is 48.1. The van der Waals surface area contributed by atoms with Crippen molar-refractivity contribution in [1.29, 1.82) is 0 Å². The number of phosphoric ester groups is 1. The zero-order valence-corrected chi connectivity index (χ0v) is 12.6. The first-order chi connectivity index (χ1) is 10.3. The third-order valence-electron chi connectivity index (χ3n) is 3.65. The zero-order valence-electron chi connectivity index (χ0n) is 11.7. The fraction of sp³-hybridized carbons (Fsp3) is 0.636. The number of ether oxygens (including phenoxy) is 1. The van der Waals surface area contributed by atoms with E-state index in [0.717, 1.165) is 30.9 Å². The molecule has 0 spiro atoms. The Hall–Kier alpha value is -1.32. The molecule has 1 N–H and O–H groups in total. The summed E-state index contributed by atoms with van der Waals surface area (Å²) >= 11 is 0. The van der Waals surface area contributed by atoms with E-state index in [-0.39, 0.29) is 6.61 Å². The fourth-order valence-corrected chi connectivity index (χ4v) is 3.75. The van der Waals surface area contributed by atoms with Crippen LogP contribution < -0.4 is 11.2 Å². The lowest BCUT2D eigenvalue weighted by atomic mass is 9.98. The molecule has 2 aliphatic rings. The van der Waals surface area contributed by atoms with Gasteiger partial charge in [-0.25, -0.2) is 13.8 Å². The number of phosphoric acid groups is 1. The van der Waals surface area contributed by atoms with Gasteiger partial charge in [-0.05, 0) is 6.92 Å². The van der Waals surface area contributed by atoms with E-state index < -0.39 is 43.2 Å². The molecule has 5 atom stereocenters. The van der Waals surface area contributed by atoms with E-state index in [1.54, 1.807) is 0 Å². The van der Waals surface area contributed by atoms with Crippen molar-refractivity contribution in [1.82, 2.24) is 9.55 Å². The molecule has 0 saturated carbocycles. The number of hydrogen-bond acceptors (Lipinski definition) is 7. The Balaban J connectivity index is 1.98. The molecule has 0 bridgehead atoms. The molecule has 9 nitrogen and oxygen atoms in total. The van der Waals surface area contributed by atoms with Crippen LogP contribution in [-0.2, 0) is 22.9 Å². The van der Waals surface area contributed by atoms with Crippen molar-refractivity contribution in [2.75, 3.05) is 13.7 Å². The molecule has 0 unspecified atom stereocenters. The summed E-state index contributed by atoms with van der Waals surface area (Å²) in [5.74, 6) is 0. The fourth-order valence-electron chi connectivity index (χ4n) is 2.55. The third-order valence-corrected chi connectivity index (χ3v) is 5.05. The van der Waals surface area contributed by atoms with Gasteiger partial charge in [0.15, 0.2) is 11.9 Å². The first kappa shape index (κ1) is 15.6. The minimum atomic E-state index is -3.85. The molecule has 0 aliphatic carbocycles. The standard InChI is InChI=1S/C11H14FN2O7P/c1-11(12)8-6(5-19-22(17,18-2)21-8)20-9(11)14-4-3-7(15)13-10(14)16/h3-4,6,8-9H,5H2,1-2H3,(H,13,15,16)/t6-,8-,9-,11-,22+/m1/s1. The van der Waals surface area contributed by atoms with Gasteiger partial charge >= 0.3 is 13.5 Å². The Bertz CT molecular complexity index is 744. The molecule has 2 saturated heterocycles. The molecule has 1 aromatic heterocycles. The van der Waals surface area contributed by atoms with E-state index in [4.69, 9.17) is 13.8 Å². The van der Waals surface area contributed by atoms with Crippen LogP contribution in [0, 0.1) is 0 Å². The molecule has 2 aliphatic heterocycles. The highest BCUT2D eigenvalue weighted by Gasteiger charge is 2.61. The highest BCUT2D eigenvalue weighted by molar-refractivity contribution is 7.48. The Morgan fingerprint density at radius 3 is 2.91 bits per heavy atom. The van der Waals surface area contributed by atoms with Crippen LogP contribution in [-0.4, -0.2) is 41.1 Å². The lowest BCUT2D eigenvalue weighted by Crippen LogP contribution is -2.46. The summed E-state index contributed by atoms with van der Waals surface area (Å²) in [5, 5.41) is 0. The number of nitrogens with one attached hydrogen (secondary N) is 1. The number of nitrogens with zero attached hydrogens (tertiary/aromatic N) is 1. The molecule has 122 valence electrons. The molecule has 22 heavy (non-hydrogen) atoms. The highest BCUT2D eigenvalue weighted by atomic mass is 31.2. The molecule has 11 heteroatoms. The number of aromatic nitrogens is 2. The van der Waals surface area contributed by atoms with Gasteiger partial charge in [-0.1, -0.05) is 0 Å². The van der Waals surface area contributed by atoms with Gasteiger partial charge < -0.3 is 4.74 Å². The van der Waals surface area contributed by atoms with Crippen LogP contribution in [0.4, 0.5) is 4.39 Å². The monoisotopic (exact) mass is 336 g/mol. The van der Waals surface area contributed by atoms with Gasteiger partial charge in [0.1, 0.15) is 12.2 Å². The predicted octanol–water partition coefficient (Wildman–Crippen LogP) is 0.332. The topological polar surface area (TPSA) is 109 Å². The number of alkyl halides is 1. The number of rotatable bonds is 2. The van der Waals surface area contributed by atoms with Gasteiger partial charge in [-0.3, -0.25) is 27.9 Å². The average molecular weight is 336 g/mol. The molecule has 0 aromatic carbocycles. The molecule has 1 aromatic rings. The van der Waals surface area contributed by atoms with E-state index in [1.165, 1.54) is 0 Å². The Labute approximate surface area is 123 Å². The number of aromatic amines is 1. The van der Waals surface area contributed by atoms with Crippen LogP contribution in [0.1, 0.15) is 13.2 Å². The Morgan fingerprint density at radius 2 is 2.27 bits per heavy atom. The van der Waals surface area contributed by atoms with Crippen molar-refractivity contribution in [3.63, 3.8) is 0 Å². The summed E-state index contributed by atoms with van der Waals surface area (Å²) in [4.78, 5) is 24.9. The van der Waals surface area contributed by atoms with Gasteiger partial charge in [-0.2, -0.15) is 0 Å². The summed E-state index contributed by atoms with van der Waals surface area (Å²) in [5.41, 5.74) is -3.62. The normalized spacial score (nSPS) is 41.3. The lowest BCUT2D eigenvalue weighted by Gasteiger charge is -2.33. The summed E-state index contributed by atoms with van der Waals surface area (Å²) in [7, 11) is -2.73. The van der Waals surface area contributed by atoms with E-state index >= 15 is 4.39 Å². The molecule has 2 fully saturated rings. The number of H-pyrrole nitrogens is 1. The molecular formula is C11H14FN2O7P. The van der Waals surface area contributed by atoms with E-state index in [0.29, 0.717) is 0 Å². The van der Waals surface area contributed by atoms with Gasteiger partial charge in [0.2, 0.25) is 0 Å². The van der Waals surface area contributed by atoms with Crippen molar-refractivity contribution < 1.29 is 27.3 Å². The van der Waals surface area contributed by atoms with Crippen molar-refractivity contribution in [3.05, 3.63) is 33.1 Å². The SMILES string of the molecule is CO[P@@]1(=O)OC[C@H]2O[C@@H](n3ccc(=O)[nH]c3=O)[C@](C)(F)[C@@H]2O1. The molecule has 3 heterocycles. The maximum Gasteiger partial charge on any atom is 0.475 e. The minimum absolute atomic E-state index is 0.204. The molecule has 3 rings (SSSR count). The maximum atomic E-state index is 15.1. The predicted molar refractivity (Wildman–Crippen MR) is 70.2 cm³/mol. The molecular weight excluding hydrogens is 322 g/mol. The van der Waals surface area contributed by atoms with E-state index in [9.17, 15) is 14.2 Å². The first-order valence-corrected chi connectivity index (χ1v) is 7.87. The smallest absolute Gasteiger partial charge is 0.346 e. The van der Waals surface area contributed by atoms with Crippen molar-refractivity contribution in [3.8, 4) is 0 Å². The minimum Gasteiger partial charge on any atom is -0.346 e. The maximum absolute atomic E-state index is 15.1. The van der Waals surface area contributed by atoms with E-state index in [2.05, 4.69) is 4.52 Å². The largest absolute Gasteiger partial charge is 0.475 e. The second kappa shape index (κ2) is 5.10. The second-order valence-electron chi connectivity index (χ2n) is 5.15. The summed E-state index contributed by atoms with van der Waals surface area (Å²) in [6, 6.07) is 1.07. The van der Waals surface area contributed by atoms with Crippen molar-refractivity contribution in [2.24, 2.45) is 0 Å². The summed E-state index contributed by atoms with van der Waals surface area (Å²) in [6.45, 7) is 0.953. The first-order valence-electron chi connectivity index (χ1n) is 6.41.